The number of anilines is 3. The number of nitrogens with zero attached hydrogens (tertiary/aromatic N) is 2. The zero-order valence-corrected chi connectivity index (χ0v) is 16.1. The van der Waals surface area contributed by atoms with Crippen molar-refractivity contribution in [3.05, 3.63) is 71.7 Å². The highest BCUT2D eigenvalue weighted by molar-refractivity contribution is 6.07. The molecule has 1 amide bonds. The average Bonchev–Trinajstić information content (AvgIpc) is 2.73. The Balaban J connectivity index is 1.64. The van der Waals surface area contributed by atoms with E-state index in [0.717, 1.165) is 17.1 Å². The van der Waals surface area contributed by atoms with Crippen LogP contribution in [0.25, 0.3) is 0 Å². The van der Waals surface area contributed by atoms with Crippen molar-refractivity contribution in [1.82, 2.24) is 4.98 Å². The molecule has 0 atom stereocenters. The van der Waals surface area contributed by atoms with Crippen molar-refractivity contribution >= 4 is 23.1 Å². The molecule has 3 aromatic rings. The number of ether oxygens (including phenoxy) is 2. The van der Waals surface area contributed by atoms with Crippen LogP contribution in [0.4, 0.5) is 21.6 Å². The van der Waals surface area contributed by atoms with Crippen LogP contribution in [0.5, 0.6) is 11.5 Å². The molecule has 2 aromatic carbocycles. The Labute approximate surface area is 167 Å². The van der Waals surface area contributed by atoms with Crippen molar-refractivity contribution in [2.24, 2.45) is 0 Å². The maximum absolute atomic E-state index is 13.9. The summed E-state index contributed by atoms with van der Waals surface area (Å²) in [7, 11) is 1.39. The van der Waals surface area contributed by atoms with Gasteiger partial charge in [0.2, 0.25) is 0 Å². The van der Waals surface area contributed by atoms with Crippen molar-refractivity contribution < 1.29 is 18.7 Å². The molecule has 0 fully saturated rings. The molecule has 0 aliphatic carbocycles. The van der Waals surface area contributed by atoms with Crippen LogP contribution in [0.1, 0.15) is 15.9 Å². The first-order chi connectivity index (χ1) is 14.1. The second-order valence-electron chi connectivity index (χ2n) is 6.65. The lowest BCUT2D eigenvalue weighted by Crippen LogP contribution is -2.30. The van der Waals surface area contributed by atoms with Gasteiger partial charge in [0.05, 0.1) is 24.9 Å². The monoisotopic (exact) mass is 393 g/mol. The minimum atomic E-state index is -0.548. The summed E-state index contributed by atoms with van der Waals surface area (Å²) in [6.45, 7) is 3.02. The molecule has 0 spiro atoms. The third kappa shape index (κ3) is 3.71. The zero-order valence-electron chi connectivity index (χ0n) is 16.1. The number of fused-ring (bicyclic) bond motifs is 1. The minimum absolute atomic E-state index is 0.115. The molecule has 29 heavy (non-hydrogen) atoms. The molecule has 148 valence electrons. The van der Waals surface area contributed by atoms with Gasteiger partial charge in [-0.3, -0.25) is 4.79 Å². The number of hydrogen-bond donors (Lipinski definition) is 1. The number of methoxy groups -OCH3 is 1. The second-order valence-corrected chi connectivity index (χ2v) is 6.65. The lowest BCUT2D eigenvalue weighted by atomic mass is 10.1. The quantitative estimate of drug-likeness (QED) is 0.715. The fraction of sp³-hybridized carbons (Fsp3) is 0.182. The van der Waals surface area contributed by atoms with Gasteiger partial charge >= 0.3 is 0 Å². The lowest BCUT2D eigenvalue weighted by molar-refractivity contribution is 0.102. The number of halogens is 1. The van der Waals surface area contributed by atoms with E-state index in [1.165, 1.54) is 19.2 Å². The van der Waals surface area contributed by atoms with Crippen molar-refractivity contribution in [2.75, 3.05) is 30.5 Å². The summed E-state index contributed by atoms with van der Waals surface area (Å²) >= 11 is 0. The molecule has 1 aliphatic heterocycles. The normalized spacial score (nSPS) is 12.7. The summed E-state index contributed by atoms with van der Waals surface area (Å²) in [5.74, 6) is 0.450. The summed E-state index contributed by atoms with van der Waals surface area (Å²) < 4.78 is 24.7. The molecule has 4 rings (SSSR count). The summed E-state index contributed by atoms with van der Waals surface area (Å²) in [6, 6.07) is 13.6. The van der Waals surface area contributed by atoms with E-state index in [-0.39, 0.29) is 11.7 Å². The van der Waals surface area contributed by atoms with E-state index in [4.69, 9.17) is 9.47 Å². The van der Waals surface area contributed by atoms with E-state index >= 15 is 0 Å². The van der Waals surface area contributed by atoms with Crippen molar-refractivity contribution in [2.45, 2.75) is 6.92 Å². The molecule has 1 aliphatic rings. The van der Waals surface area contributed by atoms with Crippen LogP contribution in [0, 0.1) is 12.7 Å². The van der Waals surface area contributed by atoms with Gasteiger partial charge in [0.25, 0.3) is 5.91 Å². The number of nitrogens with one attached hydrogen (secondary N) is 1. The number of amides is 1. The molecule has 1 aromatic heterocycles. The Kier molecular flexibility index (Phi) is 5.03. The first-order valence-corrected chi connectivity index (χ1v) is 9.17. The van der Waals surface area contributed by atoms with Crippen molar-refractivity contribution in [1.29, 1.82) is 0 Å². The minimum Gasteiger partial charge on any atom is -0.494 e. The molecule has 6 nitrogen and oxygen atoms in total. The van der Waals surface area contributed by atoms with Gasteiger partial charge in [-0.25, -0.2) is 9.37 Å². The van der Waals surface area contributed by atoms with Gasteiger partial charge in [-0.2, -0.15) is 0 Å². The fourth-order valence-electron chi connectivity index (χ4n) is 3.23. The summed E-state index contributed by atoms with van der Waals surface area (Å²) in [5.41, 5.74) is 2.54. The van der Waals surface area contributed by atoms with E-state index in [9.17, 15) is 9.18 Å². The number of rotatable bonds is 4. The van der Waals surface area contributed by atoms with Gasteiger partial charge in [0.15, 0.2) is 17.3 Å². The van der Waals surface area contributed by atoms with E-state index in [2.05, 4.69) is 10.3 Å². The smallest absolute Gasteiger partial charge is 0.259 e. The zero-order chi connectivity index (χ0) is 20.4. The van der Waals surface area contributed by atoms with Gasteiger partial charge in [0.1, 0.15) is 12.4 Å². The fourth-order valence-corrected chi connectivity index (χ4v) is 3.23. The summed E-state index contributed by atoms with van der Waals surface area (Å²) in [6.07, 6.45) is 1.80. The molecule has 0 bridgehead atoms. The first-order valence-electron chi connectivity index (χ1n) is 9.17. The Hall–Kier alpha value is -3.61. The van der Waals surface area contributed by atoms with Gasteiger partial charge in [-0.15, -0.1) is 0 Å². The Morgan fingerprint density at radius 1 is 1.24 bits per heavy atom. The molecule has 1 N–H and O–H groups in total. The number of benzene rings is 2. The predicted molar refractivity (Wildman–Crippen MR) is 109 cm³/mol. The molecular weight excluding hydrogens is 373 g/mol. The molecule has 0 saturated heterocycles. The van der Waals surface area contributed by atoms with Crippen LogP contribution in [-0.2, 0) is 0 Å². The standard InChI is InChI=1S/C22H20FN3O3/c1-14-6-9-20(24-13-14)26-10-11-29-21-16(4-3-5-18(21)26)22(27)25-15-7-8-19(28-2)17(23)12-15/h3-9,12-13H,10-11H2,1-2H3,(H,25,27). The molecular formula is C22H20FN3O3. The highest BCUT2D eigenvalue weighted by Crippen LogP contribution is 2.38. The Bertz CT molecular complexity index is 1050. The molecule has 0 radical (unpaired) electrons. The van der Waals surface area contributed by atoms with Crippen molar-refractivity contribution in [3.63, 3.8) is 0 Å². The number of carbonyl (C=O) groups is 1. The van der Waals surface area contributed by atoms with Crippen LogP contribution in [-0.4, -0.2) is 31.2 Å². The maximum atomic E-state index is 13.9. The Morgan fingerprint density at radius 2 is 2.10 bits per heavy atom. The van der Waals surface area contributed by atoms with Gasteiger partial charge in [-0.05, 0) is 42.8 Å². The molecule has 0 saturated carbocycles. The first kappa shape index (κ1) is 18.7. The molecule has 7 heteroatoms. The van der Waals surface area contributed by atoms with E-state index < -0.39 is 5.82 Å². The molecule has 2 heterocycles. The highest BCUT2D eigenvalue weighted by atomic mass is 19.1. The van der Waals surface area contributed by atoms with Gasteiger partial charge in [0, 0.05) is 18.0 Å². The van der Waals surface area contributed by atoms with Gasteiger partial charge in [-0.1, -0.05) is 12.1 Å². The van der Waals surface area contributed by atoms with Crippen LogP contribution >= 0.6 is 0 Å². The van der Waals surface area contributed by atoms with E-state index in [1.54, 1.807) is 24.4 Å². The maximum Gasteiger partial charge on any atom is 0.259 e. The topological polar surface area (TPSA) is 63.7 Å². The summed E-state index contributed by atoms with van der Waals surface area (Å²) in [5, 5.41) is 2.71. The van der Waals surface area contributed by atoms with Crippen LogP contribution < -0.4 is 19.7 Å². The second kappa shape index (κ2) is 7.79. The number of carbonyl (C=O) groups excluding carboxylic acids is 1. The van der Waals surface area contributed by atoms with Crippen LogP contribution in [0.2, 0.25) is 0 Å². The van der Waals surface area contributed by atoms with Gasteiger partial charge < -0.3 is 19.7 Å². The van der Waals surface area contributed by atoms with Crippen LogP contribution in [0.3, 0.4) is 0 Å². The Morgan fingerprint density at radius 3 is 2.83 bits per heavy atom. The largest absolute Gasteiger partial charge is 0.494 e. The SMILES string of the molecule is COc1ccc(NC(=O)c2cccc3c2OCCN3c2ccc(C)cn2)cc1F. The average molecular weight is 393 g/mol. The number of aryl methyl sites for hydroxylation is 1. The van der Waals surface area contributed by atoms with Crippen molar-refractivity contribution in [3.8, 4) is 11.5 Å². The third-order valence-electron chi connectivity index (χ3n) is 4.67. The van der Waals surface area contributed by atoms with Crippen LogP contribution in [0.15, 0.2) is 54.7 Å². The highest BCUT2D eigenvalue weighted by Gasteiger charge is 2.25. The number of pyridine rings is 1. The third-order valence-corrected chi connectivity index (χ3v) is 4.67. The predicted octanol–water partition coefficient (Wildman–Crippen LogP) is 4.32. The number of aromatic nitrogens is 1. The van der Waals surface area contributed by atoms with E-state index in [0.29, 0.717) is 30.2 Å². The van der Waals surface area contributed by atoms with E-state index in [1.807, 2.05) is 30.0 Å². The summed E-state index contributed by atoms with van der Waals surface area (Å²) in [4.78, 5) is 19.4. The lowest BCUT2D eigenvalue weighted by Gasteiger charge is -2.31. The number of hydrogen-bond acceptors (Lipinski definition) is 5. The molecule has 0 unspecified atom stereocenters. The number of para-hydroxylation sites is 1.